The van der Waals surface area contributed by atoms with Crippen molar-refractivity contribution < 1.29 is 19.1 Å². The molecule has 1 saturated heterocycles. The first-order valence-electron chi connectivity index (χ1n) is 6.79. The molecule has 1 aromatic carbocycles. The van der Waals surface area contributed by atoms with Crippen LogP contribution in [0, 0.1) is 0 Å². The van der Waals surface area contributed by atoms with Gasteiger partial charge in [0.05, 0.1) is 12.7 Å². The fraction of sp³-hybridized carbons (Fsp3) is 0.400. The fourth-order valence-corrected chi connectivity index (χ4v) is 2.27. The molecular formula is C15H18N2O4. The summed E-state index contributed by atoms with van der Waals surface area (Å²) in [6.45, 7) is 2.68. The van der Waals surface area contributed by atoms with Crippen LogP contribution in [-0.2, 0) is 9.53 Å². The largest absolute Gasteiger partial charge is 0.465 e. The Morgan fingerprint density at radius 1 is 1.33 bits per heavy atom. The molecule has 1 heterocycles. The number of carbonyl (C=O) groups excluding carboxylic acids is 3. The number of hydrogen-bond donors (Lipinski definition) is 1. The standard InChI is InChI=1S/C15H18N2O4/c1-10-9-16-13(18)6-7-17(10)14(19)11-4-3-5-12(8-11)15(20)21-2/h3-5,8,10H,6-7,9H2,1-2H3,(H,16,18). The normalized spacial score (nSPS) is 18.7. The molecule has 0 radical (unpaired) electrons. The van der Waals surface area contributed by atoms with Crippen molar-refractivity contribution in [3.8, 4) is 0 Å². The van der Waals surface area contributed by atoms with Gasteiger partial charge in [-0.25, -0.2) is 4.79 Å². The number of carbonyl (C=O) groups is 3. The highest BCUT2D eigenvalue weighted by atomic mass is 16.5. The van der Waals surface area contributed by atoms with Gasteiger partial charge in [0.1, 0.15) is 0 Å². The van der Waals surface area contributed by atoms with Crippen LogP contribution in [0.5, 0.6) is 0 Å². The zero-order valence-corrected chi connectivity index (χ0v) is 12.1. The second-order valence-corrected chi connectivity index (χ2v) is 4.97. The van der Waals surface area contributed by atoms with E-state index >= 15 is 0 Å². The van der Waals surface area contributed by atoms with Gasteiger partial charge in [0.2, 0.25) is 5.91 Å². The maximum Gasteiger partial charge on any atom is 0.337 e. The third kappa shape index (κ3) is 3.39. The Kier molecular flexibility index (Phi) is 4.57. The number of nitrogens with zero attached hydrogens (tertiary/aromatic N) is 1. The van der Waals surface area contributed by atoms with Gasteiger partial charge in [-0.1, -0.05) is 6.07 Å². The molecule has 1 N–H and O–H groups in total. The summed E-state index contributed by atoms with van der Waals surface area (Å²) in [7, 11) is 1.30. The van der Waals surface area contributed by atoms with Crippen molar-refractivity contribution in [3.63, 3.8) is 0 Å². The number of hydrogen-bond acceptors (Lipinski definition) is 4. The summed E-state index contributed by atoms with van der Waals surface area (Å²) < 4.78 is 4.65. The van der Waals surface area contributed by atoms with Crippen LogP contribution in [0.15, 0.2) is 24.3 Å². The van der Waals surface area contributed by atoms with E-state index in [1.54, 1.807) is 23.1 Å². The van der Waals surface area contributed by atoms with E-state index in [0.717, 1.165) is 0 Å². The summed E-state index contributed by atoms with van der Waals surface area (Å²) in [5.41, 5.74) is 0.749. The van der Waals surface area contributed by atoms with Crippen molar-refractivity contribution >= 4 is 17.8 Å². The molecule has 0 spiro atoms. The van der Waals surface area contributed by atoms with E-state index in [9.17, 15) is 14.4 Å². The van der Waals surface area contributed by atoms with Crippen molar-refractivity contribution in [2.24, 2.45) is 0 Å². The van der Waals surface area contributed by atoms with Crippen molar-refractivity contribution in [1.82, 2.24) is 10.2 Å². The molecule has 0 bridgehead atoms. The summed E-state index contributed by atoms with van der Waals surface area (Å²) in [4.78, 5) is 37.1. The summed E-state index contributed by atoms with van der Waals surface area (Å²) in [5, 5.41) is 2.76. The quantitative estimate of drug-likeness (QED) is 0.818. The summed E-state index contributed by atoms with van der Waals surface area (Å²) in [6.07, 6.45) is 0.284. The first-order valence-corrected chi connectivity index (χ1v) is 6.79. The number of benzene rings is 1. The molecule has 1 aliphatic rings. The molecule has 1 unspecified atom stereocenters. The van der Waals surface area contributed by atoms with Gasteiger partial charge in [-0.2, -0.15) is 0 Å². The average molecular weight is 290 g/mol. The summed E-state index contributed by atoms with van der Waals surface area (Å²) in [6, 6.07) is 6.32. The minimum absolute atomic E-state index is 0.0551. The maximum atomic E-state index is 12.6. The van der Waals surface area contributed by atoms with Crippen LogP contribution in [0.1, 0.15) is 34.1 Å². The Morgan fingerprint density at radius 2 is 2.05 bits per heavy atom. The molecule has 6 nitrogen and oxygen atoms in total. The van der Waals surface area contributed by atoms with Gasteiger partial charge in [0.25, 0.3) is 5.91 Å². The molecule has 0 saturated carbocycles. The lowest BCUT2D eigenvalue weighted by atomic mass is 10.1. The Balaban J connectivity index is 2.22. The average Bonchev–Trinajstić information content (AvgIpc) is 2.67. The Labute approximate surface area is 123 Å². The minimum atomic E-state index is -0.481. The number of ether oxygens (including phenoxy) is 1. The predicted octanol–water partition coefficient (Wildman–Crippen LogP) is 0.824. The van der Waals surface area contributed by atoms with Gasteiger partial charge in [-0.05, 0) is 25.1 Å². The number of amides is 2. The molecule has 21 heavy (non-hydrogen) atoms. The van der Waals surface area contributed by atoms with Gasteiger partial charge < -0.3 is 15.0 Å². The van der Waals surface area contributed by atoms with E-state index in [-0.39, 0.29) is 24.3 Å². The molecule has 2 amide bonds. The van der Waals surface area contributed by atoms with Crippen molar-refractivity contribution in [2.75, 3.05) is 20.2 Å². The van der Waals surface area contributed by atoms with Gasteiger partial charge in [0.15, 0.2) is 0 Å². The van der Waals surface area contributed by atoms with Gasteiger partial charge in [0, 0.05) is 31.1 Å². The van der Waals surface area contributed by atoms with Crippen molar-refractivity contribution in [2.45, 2.75) is 19.4 Å². The Bertz CT molecular complexity index is 571. The molecule has 1 fully saturated rings. The summed E-state index contributed by atoms with van der Waals surface area (Å²) >= 11 is 0. The highest BCUT2D eigenvalue weighted by Gasteiger charge is 2.25. The first kappa shape index (κ1) is 15.0. The van der Waals surface area contributed by atoms with Crippen LogP contribution in [0.4, 0.5) is 0 Å². The molecule has 1 aliphatic heterocycles. The molecule has 1 atom stereocenters. The van der Waals surface area contributed by atoms with Crippen LogP contribution in [0.3, 0.4) is 0 Å². The Hall–Kier alpha value is -2.37. The lowest BCUT2D eigenvalue weighted by Crippen LogP contribution is -2.41. The summed E-state index contributed by atoms with van der Waals surface area (Å²) in [5.74, 6) is -0.726. The molecule has 0 aromatic heterocycles. The van der Waals surface area contributed by atoms with E-state index in [4.69, 9.17) is 0 Å². The lowest BCUT2D eigenvalue weighted by Gasteiger charge is -2.26. The Morgan fingerprint density at radius 3 is 2.76 bits per heavy atom. The maximum absolute atomic E-state index is 12.6. The fourth-order valence-electron chi connectivity index (χ4n) is 2.27. The van der Waals surface area contributed by atoms with Gasteiger partial charge >= 0.3 is 5.97 Å². The molecule has 2 rings (SSSR count). The highest BCUT2D eigenvalue weighted by Crippen LogP contribution is 2.13. The smallest absolute Gasteiger partial charge is 0.337 e. The third-order valence-corrected chi connectivity index (χ3v) is 3.50. The first-order chi connectivity index (χ1) is 10.0. The van der Waals surface area contributed by atoms with Crippen LogP contribution in [0.25, 0.3) is 0 Å². The van der Waals surface area contributed by atoms with Crippen LogP contribution >= 0.6 is 0 Å². The van der Waals surface area contributed by atoms with Crippen molar-refractivity contribution in [3.05, 3.63) is 35.4 Å². The molecule has 1 aromatic rings. The van der Waals surface area contributed by atoms with E-state index in [2.05, 4.69) is 10.1 Å². The molecule has 112 valence electrons. The molecular weight excluding hydrogens is 272 g/mol. The van der Waals surface area contributed by atoms with E-state index in [1.165, 1.54) is 13.2 Å². The predicted molar refractivity (Wildman–Crippen MR) is 75.9 cm³/mol. The minimum Gasteiger partial charge on any atom is -0.465 e. The van der Waals surface area contributed by atoms with E-state index in [1.807, 2.05) is 6.92 Å². The third-order valence-electron chi connectivity index (χ3n) is 3.50. The van der Waals surface area contributed by atoms with Gasteiger partial charge in [-0.15, -0.1) is 0 Å². The van der Waals surface area contributed by atoms with E-state index < -0.39 is 5.97 Å². The van der Waals surface area contributed by atoms with Gasteiger partial charge in [-0.3, -0.25) is 9.59 Å². The lowest BCUT2D eigenvalue weighted by molar-refractivity contribution is -0.120. The zero-order chi connectivity index (χ0) is 15.4. The van der Waals surface area contributed by atoms with E-state index in [0.29, 0.717) is 24.2 Å². The second kappa shape index (κ2) is 6.39. The van der Waals surface area contributed by atoms with Crippen molar-refractivity contribution in [1.29, 1.82) is 0 Å². The molecule has 0 aliphatic carbocycles. The SMILES string of the molecule is COC(=O)c1cccc(C(=O)N2CCC(=O)NCC2C)c1. The molecule has 6 heteroatoms. The number of methoxy groups -OCH3 is 1. The number of rotatable bonds is 2. The van der Waals surface area contributed by atoms with Crippen LogP contribution in [0.2, 0.25) is 0 Å². The number of nitrogens with one attached hydrogen (secondary N) is 1. The second-order valence-electron chi connectivity index (χ2n) is 4.97. The van der Waals surface area contributed by atoms with Crippen LogP contribution < -0.4 is 5.32 Å². The van der Waals surface area contributed by atoms with Crippen LogP contribution in [-0.4, -0.2) is 48.9 Å². The zero-order valence-electron chi connectivity index (χ0n) is 12.1. The highest BCUT2D eigenvalue weighted by molar-refractivity contribution is 5.98. The monoisotopic (exact) mass is 290 g/mol. The topological polar surface area (TPSA) is 75.7 Å². The number of esters is 1.